The Kier molecular flexibility index (Phi) is 9.09. The van der Waals surface area contributed by atoms with E-state index in [1.807, 2.05) is 36.4 Å². The lowest BCUT2D eigenvalue weighted by Crippen LogP contribution is -2.48. The lowest BCUT2D eigenvalue weighted by molar-refractivity contribution is 0.0619. The zero-order valence-corrected chi connectivity index (χ0v) is 27.8. The molecule has 1 aliphatic rings. The minimum Gasteiger partial charge on any atom is -0.481 e. The molecule has 0 radical (unpaired) electrons. The quantitative estimate of drug-likeness (QED) is 0.210. The Morgan fingerprint density at radius 1 is 0.891 bits per heavy atom. The Labute approximate surface area is 275 Å². The molecule has 1 saturated heterocycles. The Morgan fingerprint density at radius 2 is 1.59 bits per heavy atom. The molecule has 46 heavy (non-hydrogen) atoms. The van der Waals surface area contributed by atoms with Crippen LogP contribution in [0.1, 0.15) is 16.3 Å². The summed E-state index contributed by atoms with van der Waals surface area (Å²) in [6, 6.07) is 21.5. The molecular weight excluding hydrogens is 648 g/mol. The number of hydrogen-bond acceptors (Lipinski definition) is 10. The standard InChI is InChI=1S/C32H31ClN6O5S2/c1-43-30-19-31(44-2)35-29(34-30)20-37-13-15-38(16-14-37)32(40)24-18-26(39(36-24)25-10-5-4-9-23(25)33)28-12-11-27(45-28)21-7-6-8-22(17-21)46(3,41)42/h4-12,17-19H,13-16,20H2,1-3H3. The topological polar surface area (TPSA) is 120 Å². The van der Waals surface area contributed by atoms with E-state index in [9.17, 15) is 13.2 Å². The van der Waals surface area contributed by atoms with Crippen molar-refractivity contribution in [3.05, 3.63) is 89.3 Å². The van der Waals surface area contributed by atoms with E-state index in [4.69, 9.17) is 26.2 Å². The molecule has 0 spiro atoms. The van der Waals surface area contributed by atoms with Crippen LogP contribution in [0.25, 0.3) is 26.7 Å². The summed E-state index contributed by atoms with van der Waals surface area (Å²) >= 11 is 8.08. The van der Waals surface area contributed by atoms with Gasteiger partial charge in [-0.1, -0.05) is 35.9 Å². The van der Waals surface area contributed by atoms with Gasteiger partial charge in [-0.15, -0.1) is 11.3 Å². The number of amides is 1. The maximum atomic E-state index is 13.8. The van der Waals surface area contributed by atoms with Crippen LogP contribution in [-0.4, -0.2) is 90.5 Å². The number of para-hydroxylation sites is 1. The predicted molar refractivity (Wildman–Crippen MR) is 177 cm³/mol. The SMILES string of the molecule is COc1cc(OC)nc(CN2CCN(C(=O)c3cc(-c4ccc(-c5cccc(S(C)(=O)=O)c5)s4)n(-c4ccccc4Cl)n3)CC2)n1. The molecule has 238 valence electrons. The predicted octanol–water partition coefficient (Wildman–Crippen LogP) is 5.09. The zero-order chi connectivity index (χ0) is 32.4. The first-order valence-electron chi connectivity index (χ1n) is 14.4. The number of rotatable bonds is 9. The maximum absolute atomic E-state index is 13.8. The second-order valence-electron chi connectivity index (χ2n) is 10.7. The van der Waals surface area contributed by atoms with E-state index in [0.29, 0.717) is 72.4 Å². The van der Waals surface area contributed by atoms with Crippen molar-refractivity contribution in [1.82, 2.24) is 29.5 Å². The summed E-state index contributed by atoms with van der Waals surface area (Å²) in [6.45, 7) is 2.78. The second-order valence-corrected chi connectivity index (χ2v) is 14.2. The van der Waals surface area contributed by atoms with Gasteiger partial charge in [-0.05, 0) is 48.0 Å². The number of halogens is 1. The van der Waals surface area contributed by atoms with Gasteiger partial charge in [0.05, 0.1) is 53.0 Å². The van der Waals surface area contributed by atoms with Crippen molar-refractivity contribution < 1.29 is 22.7 Å². The fraction of sp³-hybridized carbons (Fsp3) is 0.250. The van der Waals surface area contributed by atoms with E-state index in [1.165, 1.54) is 17.6 Å². The van der Waals surface area contributed by atoms with E-state index in [-0.39, 0.29) is 10.8 Å². The molecule has 0 N–H and O–H groups in total. The number of carbonyl (C=O) groups is 1. The number of hydrogen-bond donors (Lipinski definition) is 0. The van der Waals surface area contributed by atoms with Crippen LogP contribution < -0.4 is 9.47 Å². The lowest BCUT2D eigenvalue weighted by atomic mass is 10.2. The smallest absolute Gasteiger partial charge is 0.274 e. The van der Waals surface area contributed by atoms with Gasteiger partial charge in [0.15, 0.2) is 15.5 Å². The van der Waals surface area contributed by atoms with Crippen LogP contribution in [0, 0.1) is 0 Å². The molecule has 11 nitrogen and oxygen atoms in total. The molecule has 2 aromatic carbocycles. The number of sulfone groups is 1. The van der Waals surface area contributed by atoms with E-state index >= 15 is 0 Å². The van der Waals surface area contributed by atoms with Crippen LogP contribution >= 0.6 is 22.9 Å². The molecule has 6 rings (SSSR count). The Bertz CT molecular complexity index is 1980. The third-order valence-corrected chi connectivity index (χ3v) is 10.2. The van der Waals surface area contributed by atoms with Gasteiger partial charge in [-0.25, -0.2) is 13.1 Å². The number of benzene rings is 2. The van der Waals surface area contributed by atoms with Crippen molar-refractivity contribution >= 4 is 38.7 Å². The second kappa shape index (κ2) is 13.2. The van der Waals surface area contributed by atoms with Crippen molar-refractivity contribution in [3.8, 4) is 38.5 Å². The van der Waals surface area contributed by atoms with Gasteiger partial charge >= 0.3 is 0 Å². The summed E-state index contributed by atoms with van der Waals surface area (Å²) in [6.07, 6.45) is 1.19. The van der Waals surface area contributed by atoms with Crippen LogP contribution in [0.4, 0.5) is 0 Å². The lowest BCUT2D eigenvalue weighted by Gasteiger charge is -2.34. The average molecular weight is 679 g/mol. The van der Waals surface area contributed by atoms with Crippen molar-refractivity contribution in [1.29, 1.82) is 0 Å². The van der Waals surface area contributed by atoms with Gasteiger partial charge in [-0.3, -0.25) is 9.69 Å². The molecule has 3 aromatic heterocycles. The van der Waals surface area contributed by atoms with Crippen molar-refractivity contribution in [2.75, 3.05) is 46.7 Å². The first kappa shape index (κ1) is 31.7. The molecule has 1 amide bonds. The Hall–Kier alpha value is -4.30. The Morgan fingerprint density at radius 3 is 2.26 bits per heavy atom. The number of thiophene rings is 1. The van der Waals surface area contributed by atoms with Gasteiger partial charge in [0.25, 0.3) is 5.91 Å². The molecule has 0 unspecified atom stereocenters. The third-order valence-electron chi connectivity index (χ3n) is 7.58. The summed E-state index contributed by atoms with van der Waals surface area (Å²) in [7, 11) is -0.260. The first-order chi connectivity index (χ1) is 22.1. The summed E-state index contributed by atoms with van der Waals surface area (Å²) < 4.78 is 36.5. The molecule has 0 bridgehead atoms. The van der Waals surface area contributed by atoms with Crippen molar-refractivity contribution in [3.63, 3.8) is 0 Å². The highest BCUT2D eigenvalue weighted by atomic mass is 35.5. The number of aromatic nitrogens is 4. The monoisotopic (exact) mass is 678 g/mol. The van der Waals surface area contributed by atoms with E-state index in [2.05, 4.69) is 14.9 Å². The highest BCUT2D eigenvalue weighted by molar-refractivity contribution is 7.90. The fourth-order valence-corrected chi connectivity index (χ4v) is 7.07. The fourth-order valence-electron chi connectivity index (χ4n) is 5.18. The minimum atomic E-state index is -3.35. The summed E-state index contributed by atoms with van der Waals surface area (Å²) in [5.41, 5.74) is 2.44. The molecule has 1 fully saturated rings. The van der Waals surface area contributed by atoms with Crippen molar-refractivity contribution in [2.24, 2.45) is 0 Å². The molecular formula is C32H31ClN6O5S2. The number of carbonyl (C=O) groups excluding carboxylic acids is 1. The summed E-state index contributed by atoms with van der Waals surface area (Å²) in [4.78, 5) is 28.6. The molecule has 14 heteroatoms. The largest absolute Gasteiger partial charge is 0.481 e. The average Bonchev–Trinajstić information content (AvgIpc) is 3.73. The number of nitrogens with zero attached hydrogens (tertiary/aromatic N) is 6. The van der Waals surface area contributed by atoms with E-state index < -0.39 is 9.84 Å². The highest BCUT2D eigenvalue weighted by Gasteiger charge is 2.27. The van der Waals surface area contributed by atoms with Gasteiger partial charge in [-0.2, -0.15) is 15.1 Å². The summed E-state index contributed by atoms with van der Waals surface area (Å²) in [5, 5.41) is 5.25. The molecule has 4 heterocycles. The zero-order valence-electron chi connectivity index (χ0n) is 25.4. The molecule has 0 saturated carbocycles. The number of piperazine rings is 1. The van der Waals surface area contributed by atoms with Crippen LogP contribution in [0.2, 0.25) is 5.02 Å². The molecule has 5 aromatic rings. The molecule has 0 atom stereocenters. The van der Waals surface area contributed by atoms with Gasteiger partial charge < -0.3 is 14.4 Å². The Balaban J connectivity index is 1.25. The van der Waals surface area contributed by atoms with Gasteiger partial charge in [0.1, 0.15) is 5.82 Å². The number of ether oxygens (including phenoxy) is 2. The minimum absolute atomic E-state index is 0.177. The van der Waals surface area contributed by atoms with Crippen LogP contribution in [0.3, 0.4) is 0 Å². The molecule has 0 aliphatic carbocycles. The highest BCUT2D eigenvalue weighted by Crippen LogP contribution is 2.37. The van der Waals surface area contributed by atoms with Gasteiger partial charge in [0, 0.05) is 37.3 Å². The molecule has 1 aliphatic heterocycles. The van der Waals surface area contributed by atoms with Crippen molar-refractivity contribution in [2.45, 2.75) is 11.4 Å². The van der Waals surface area contributed by atoms with Crippen LogP contribution in [0.15, 0.2) is 77.7 Å². The normalized spacial score (nSPS) is 14.0. The van der Waals surface area contributed by atoms with E-state index in [0.717, 1.165) is 15.3 Å². The third kappa shape index (κ3) is 6.77. The number of methoxy groups -OCH3 is 2. The van der Waals surface area contributed by atoms with Gasteiger partial charge in [0.2, 0.25) is 11.8 Å². The van der Waals surface area contributed by atoms with Crippen LogP contribution in [-0.2, 0) is 16.4 Å². The maximum Gasteiger partial charge on any atom is 0.274 e. The first-order valence-corrected chi connectivity index (χ1v) is 17.4. The van der Waals surface area contributed by atoms with E-state index in [1.54, 1.807) is 60.2 Å². The van der Waals surface area contributed by atoms with Crippen LogP contribution in [0.5, 0.6) is 11.8 Å². The summed E-state index contributed by atoms with van der Waals surface area (Å²) in [5.74, 6) is 1.27.